The molecule has 5 nitrogen and oxygen atoms in total. The Labute approximate surface area is 114 Å². The van der Waals surface area contributed by atoms with Gasteiger partial charge in [0.2, 0.25) is 0 Å². The highest BCUT2D eigenvalue weighted by atomic mass is 32.2. The first-order chi connectivity index (χ1) is 9.12. The molecule has 1 N–H and O–H groups in total. The summed E-state index contributed by atoms with van der Waals surface area (Å²) >= 11 is 0. The zero-order chi connectivity index (χ0) is 13.3. The molecule has 0 aromatic carbocycles. The lowest BCUT2D eigenvalue weighted by atomic mass is 9.68. The minimum Gasteiger partial charge on any atom is -0.335 e. The van der Waals surface area contributed by atoms with E-state index in [0.717, 1.165) is 12.8 Å². The van der Waals surface area contributed by atoms with Gasteiger partial charge in [0.25, 0.3) is 10.0 Å². The number of imidazole rings is 1. The van der Waals surface area contributed by atoms with Crippen LogP contribution < -0.4 is 0 Å². The van der Waals surface area contributed by atoms with E-state index in [4.69, 9.17) is 0 Å². The topological polar surface area (TPSA) is 66.1 Å². The molecular formula is C13H21N3O2S. The molecule has 1 saturated carbocycles. The molecule has 2 aliphatic rings. The quantitative estimate of drug-likeness (QED) is 0.904. The van der Waals surface area contributed by atoms with Crippen molar-refractivity contribution in [2.75, 3.05) is 13.1 Å². The Balaban J connectivity index is 1.70. The molecule has 0 bridgehead atoms. The van der Waals surface area contributed by atoms with Crippen LogP contribution in [-0.2, 0) is 10.0 Å². The van der Waals surface area contributed by atoms with Gasteiger partial charge in [-0.1, -0.05) is 19.3 Å². The van der Waals surface area contributed by atoms with Gasteiger partial charge in [0.1, 0.15) is 0 Å². The third kappa shape index (κ3) is 2.43. The summed E-state index contributed by atoms with van der Waals surface area (Å²) in [5.41, 5.74) is 0.429. The fourth-order valence-corrected chi connectivity index (χ4v) is 4.86. The fraction of sp³-hybridized carbons (Fsp3) is 0.769. The maximum absolute atomic E-state index is 12.4. The molecule has 6 heteroatoms. The van der Waals surface area contributed by atoms with Crippen molar-refractivity contribution in [3.8, 4) is 0 Å². The summed E-state index contributed by atoms with van der Waals surface area (Å²) in [6.45, 7) is 1.31. The summed E-state index contributed by atoms with van der Waals surface area (Å²) in [5, 5.41) is 0.215. The highest BCUT2D eigenvalue weighted by Gasteiger charge is 2.39. The zero-order valence-electron chi connectivity index (χ0n) is 11.1. The van der Waals surface area contributed by atoms with E-state index in [2.05, 4.69) is 9.97 Å². The highest BCUT2D eigenvalue weighted by Crippen LogP contribution is 2.45. The molecule has 0 radical (unpaired) electrons. The van der Waals surface area contributed by atoms with Crippen molar-refractivity contribution in [1.29, 1.82) is 0 Å². The first kappa shape index (κ1) is 13.1. The van der Waals surface area contributed by atoms with E-state index in [-0.39, 0.29) is 5.03 Å². The van der Waals surface area contributed by atoms with Gasteiger partial charge in [-0.2, -0.15) is 4.31 Å². The predicted octanol–water partition coefficient (Wildman–Crippen LogP) is 2.14. The van der Waals surface area contributed by atoms with Crippen LogP contribution in [0, 0.1) is 5.41 Å². The van der Waals surface area contributed by atoms with Crippen LogP contribution in [0.15, 0.2) is 17.6 Å². The lowest BCUT2D eigenvalue weighted by Crippen LogP contribution is -2.43. The molecule has 1 aromatic rings. The van der Waals surface area contributed by atoms with Crippen LogP contribution in [0.1, 0.15) is 44.9 Å². The third-order valence-corrected chi connectivity index (χ3v) is 6.61. The number of hydrogen-bond donors (Lipinski definition) is 1. The minimum atomic E-state index is -3.36. The Morgan fingerprint density at radius 2 is 1.79 bits per heavy atom. The van der Waals surface area contributed by atoms with E-state index in [1.54, 1.807) is 4.31 Å². The van der Waals surface area contributed by atoms with Crippen LogP contribution in [0.3, 0.4) is 0 Å². The highest BCUT2D eigenvalue weighted by molar-refractivity contribution is 7.89. The van der Waals surface area contributed by atoms with Crippen molar-refractivity contribution < 1.29 is 8.42 Å². The molecule has 1 spiro atoms. The van der Waals surface area contributed by atoms with E-state index < -0.39 is 10.0 Å². The van der Waals surface area contributed by atoms with Gasteiger partial charge in [-0.15, -0.1) is 0 Å². The summed E-state index contributed by atoms with van der Waals surface area (Å²) in [6.07, 6.45) is 11.4. The number of nitrogens with one attached hydrogen (secondary N) is 1. The normalized spacial score (nSPS) is 24.6. The van der Waals surface area contributed by atoms with Crippen molar-refractivity contribution in [1.82, 2.24) is 14.3 Å². The molecule has 0 amide bonds. The summed E-state index contributed by atoms with van der Waals surface area (Å²) in [5.74, 6) is 0. The molecule has 2 fully saturated rings. The number of nitrogens with zero attached hydrogens (tertiary/aromatic N) is 2. The molecule has 19 heavy (non-hydrogen) atoms. The molecule has 1 saturated heterocycles. The number of rotatable bonds is 2. The Bertz CT molecular complexity index is 508. The molecular weight excluding hydrogens is 262 g/mol. The summed E-state index contributed by atoms with van der Waals surface area (Å²) in [7, 11) is -3.36. The zero-order valence-corrected chi connectivity index (χ0v) is 12.0. The monoisotopic (exact) mass is 283 g/mol. The van der Waals surface area contributed by atoms with Crippen LogP contribution in [0.5, 0.6) is 0 Å². The van der Waals surface area contributed by atoms with Crippen molar-refractivity contribution in [2.24, 2.45) is 5.41 Å². The van der Waals surface area contributed by atoms with Crippen molar-refractivity contribution >= 4 is 10.0 Å². The second-order valence-corrected chi connectivity index (χ2v) is 7.79. The van der Waals surface area contributed by atoms with Gasteiger partial charge in [-0.3, -0.25) is 0 Å². The van der Waals surface area contributed by atoms with Crippen LogP contribution in [0.2, 0.25) is 0 Å². The molecule has 0 unspecified atom stereocenters. The van der Waals surface area contributed by atoms with Gasteiger partial charge in [0.15, 0.2) is 5.03 Å². The Morgan fingerprint density at radius 1 is 1.11 bits per heavy atom. The van der Waals surface area contributed by atoms with Gasteiger partial charge in [-0.25, -0.2) is 13.4 Å². The number of H-pyrrole nitrogens is 1. The number of sulfonamides is 1. The smallest absolute Gasteiger partial charge is 0.260 e. The second kappa shape index (κ2) is 4.90. The molecule has 1 aliphatic heterocycles. The Morgan fingerprint density at radius 3 is 2.37 bits per heavy atom. The van der Waals surface area contributed by atoms with Crippen LogP contribution in [0.4, 0.5) is 0 Å². The Hall–Kier alpha value is -0.880. The number of piperidine rings is 1. The molecule has 3 rings (SSSR count). The van der Waals surface area contributed by atoms with Gasteiger partial charge in [-0.05, 0) is 31.1 Å². The van der Waals surface area contributed by atoms with Crippen molar-refractivity contribution in [3.05, 3.63) is 12.5 Å². The van der Waals surface area contributed by atoms with E-state index in [9.17, 15) is 8.42 Å². The minimum absolute atomic E-state index is 0.215. The number of aromatic nitrogens is 2. The molecule has 1 aliphatic carbocycles. The third-order valence-electron chi connectivity index (χ3n) is 4.79. The maximum atomic E-state index is 12.4. The summed E-state index contributed by atoms with van der Waals surface area (Å²) in [4.78, 5) is 6.51. The summed E-state index contributed by atoms with van der Waals surface area (Å²) in [6, 6.07) is 0. The van der Waals surface area contributed by atoms with Crippen molar-refractivity contribution in [2.45, 2.75) is 50.0 Å². The molecule has 106 valence electrons. The lowest BCUT2D eigenvalue weighted by Gasteiger charge is -2.43. The van der Waals surface area contributed by atoms with Crippen LogP contribution in [0.25, 0.3) is 0 Å². The Kier molecular flexibility index (Phi) is 3.39. The van der Waals surface area contributed by atoms with Crippen LogP contribution >= 0.6 is 0 Å². The lowest BCUT2D eigenvalue weighted by molar-refractivity contribution is 0.102. The number of hydrogen-bond acceptors (Lipinski definition) is 3. The van der Waals surface area contributed by atoms with E-state index in [1.807, 2.05) is 0 Å². The second-order valence-electron chi connectivity index (χ2n) is 5.88. The average Bonchev–Trinajstić information content (AvgIpc) is 2.95. The van der Waals surface area contributed by atoms with Gasteiger partial charge < -0.3 is 4.98 Å². The predicted molar refractivity (Wildman–Crippen MR) is 72.1 cm³/mol. The van der Waals surface area contributed by atoms with Gasteiger partial charge >= 0.3 is 0 Å². The maximum Gasteiger partial charge on any atom is 0.260 e. The summed E-state index contributed by atoms with van der Waals surface area (Å²) < 4.78 is 26.4. The molecule has 1 aromatic heterocycles. The molecule has 2 heterocycles. The number of aromatic amines is 1. The van der Waals surface area contributed by atoms with E-state index >= 15 is 0 Å². The van der Waals surface area contributed by atoms with Gasteiger partial charge in [0, 0.05) is 13.1 Å². The van der Waals surface area contributed by atoms with Gasteiger partial charge in [0.05, 0.1) is 12.5 Å². The largest absolute Gasteiger partial charge is 0.335 e. The standard InChI is InChI=1S/C13H21N3O2S/c17-19(18,12-10-14-11-15-12)16-8-6-13(7-9-16)4-2-1-3-5-13/h10-11H,1-9H2,(H,14,15). The molecule has 0 atom stereocenters. The van der Waals surface area contributed by atoms with Crippen LogP contribution in [-0.4, -0.2) is 35.8 Å². The van der Waals surface area contributed by atoms with E-state index in [1.165, 1.54) is 44.6 Å². The fourth-order valence-electron chi connectivity index (χ4n) is 3.53. The first-order valence-electron chi connectivity index (χ1n) is 7.11. The average molecular weight is 283 g/mol. The SMILES string of the molecule is O=S(=O)(c1cnc[nH]1)N1CCC2(CCCCC2)CC1. The van der Waals surface area contributed by atoms with E-state index in [0.29, 0.717) is 18.5 Å². The van der Waals surface area contributed by atoms with Crippen molar-refractivity contribution in [3.63, 3.8) is 0 Å². The first-order valence-corrected chi connectivity index (χ1v) is 8.55.